The first kappa shape index (κ1) is 13.4. The van der Waals surface area contributed by atoms with Crippen molar-refractivity contribution < 1.29 is 23.4 Å². The molecule has 0 aliphatic heterocycles. The van der Waals surface area contributed by atoms with Crippen molar-refractivity contribution in [1.29, 1.82) is 0 Å². The molecule has 100 valence electrons. The molecule has 0 saturated heterocycles. The number of aliphatic hydroxyl groups excluding tert-OH is 1. The Balaban J connectivity index is 2.57. The molecule has 1 heterocycles. The third kappa shape index (κ3) is 2.68. The van der Waals surface area contributed by atoms with E-state index in [1.807, 2.05) is 0 Å². The summed E-state index contributed by atoms with van der Waals surface area (Å²) in [4.78, 5) is 3.73. The summed E-state index contributed by atoms with van der Waals surface area (Å²) < 4.78 is 38.6. The molecule has 3 nitrogen and oxygen atoms in total. The standard InChI is InChI=1S/C13H10F3NO2/c14-13(15,16)10-4-2-1-3-9(10)8-5-12(19)11(7-18)17-6-8/h1-6,18-19H,7H2. The molecule has 0 aliphatic rings. The number of hydrogen-bond acceptors (Lipinski definition) is 3. The number of aliphatic hydroxyl groups is 1. The van der Waals surface area contributed by atoms with Crippen LogP contribution in [0.5, 0.6) is 5.75 Å². The van der Waals surface area contributed by atoms with Crippen LogP contribution in [0.1, 0.15) is 11.3 Å². The van der Waals surface area contributed by atoms with Crippen molar-refractivity contribution in [2.45, 2.75) is 12.8 Å². The SMILES string of the molecule is OCc1ncc(-c2ccccc2C(F)(F)F)cc1O. The first-order valence-electron chi connectivity index (χ1n) is 5.39. The van der Waals surface area contributed by atoms with Crippen LogP contribution < -0.4 is 0 Å². The monoisotopic (exact) mass is 269 g/mol. The molecule has 0 bridgehead atoms. The average Bonchev–Trinajstić information content (AvgIpc) is 2.37. The topological polar surface area (TPSA) is 53.4 Å². The van der Waals surface area contributed by atoms with Crippen molar-refractivity contribution in [1.82, 2.24) is 4.98 Å². The van der Waals surface area contributed by atoms with E-state index in [9.17, 15) is 18.3 Å². The minimum absolute atomic E-state index is 0.0215. The van der Waals surface area contributed by atoms with E-state index in [1.54, 1.807) is 0 Å². The molecular formula is C13H10F3NO2. The van der Waals surface area contributed by atoms with Gasteiger partial charge in [-0.05, 0) is 17.7 Å². The Morgan fingerprint density at radius 2 is 1.84 bits per heavy atom. The average molecular weight is 269 g/mol. The van der Waals surface area contributed by atoms with Gasteiger partial charge in [0.1, 0.15) is 11.4 Å². The van der Waals surface area contributed by atoms with E-state index in [-0.39, 0.29) is 22.6 Å². The Morgan fingerprint density at radius 1 is 1.16 bits per heavy atom. The number of benzene rings is 1. The van der Waals surface area contributed by atoms with E-state index in [1.165, 1.54) is 24.4 Å². The van der Waals surface area contributed by atoms with Gasteiger partial charge < -0.3 is 10.2 Å². The number of aromatic nitrogens is 1. The minimum atomic E-state index is -4.48. The first-order chi connectivity index (χ1) is 8.93. The Labute approximate surface area is 107 Å². The molecule has 2 aromatic rings. The maximum atomic E-state index is 12.9. The van der Waals surface area contributed by atoms with Gasteiger partial charge in [-0.25, -0.2) is 0 Å². The smallest absolute Gasteiger partial charge is 0.417 e. The Morgan fingerprint density at radius 3 is 2.42 bits per heavy atom. The fraction of sp³-hybridized carbons (Fsp3) is 0.154. The van der Waals surface area contributed by atoms with E-state index < -0.39 is 18.3 Å². The van der Waals surface area contributed by atoms with Crippen molar-refractivity contribution in [2.24, 2.45) is 0 Å². The summed E-state index contributed by atoms with van der Waals surface area (Å²) >= 11 is 0. The molecule has 0 atom stereocenters. The zero-order valence-electron chi connectivity index (χ0n) is 9.65. The number of hydrogen-bond donors (Lipinski definition) is 2. The lowest BCUT2D eigenvalue weighted by atomic mass is 10.0. The predicted molar refractivity (Wildman–Crippen MR) is 62.3 cm³/mol. The van der Waals surface area contributed by atoms with Crippen LogP contribution in [0.25, 0.3) is 11.1 Å². The van der Waals surface area contributed by atoms with Crippen molar-refractivity contribution >= 4 is 0 Å². The maximum absolute atomic E-state index is 12.9. The summed E-state index contributed by atoms with van der Waals surface area (Å²) in [6, 6.07) is 6.19. The van der Waals surface area contributed by atoms with E-state index in [0.717, 1.165) is 12.1 Å². The quantitative estimate of drug-likeness (QED) is 0.881. The molecule has 2 rings (SSSR count). The van der Waals surface area contributed by atoms with Crippen LogP contribution in [0.15, 0.2) is 36.5 Å². The third-order valence-electron chi connectivity index (χ3n) is 2.64. The lowest BCUT2D eigenvalue weighted by Gasteiger charge is -2.13. The molecule has 2 N–H and O–H groups in total. The molecule has 0 aliphatic carbocycles. The molecule has 0 spiro atoms. The van der Waals surface area contributed by atoms with E-state index in [2.05, 4.69) is 4.98 Å². The second kappa shape index (κ2) is 4.89. The number of pyridine rings is 1. The van der Waals surface area contributed by atoms with Crippen LogP contribution in [-0.2, 0) is 12.8 Å². The molecule has 0 fully saturated rings. The Kier molecular flexibility index (Phi) is 3.44. The normalized spacial score (nSPS) is 11.6. The zero-order valence-corrected chi connectivity index (χ0v) is 9.65. The van der Waals surface area contributed by atoms with E-state index >= 15 is 0 Å². The van der Waals surface area contributed by atoms with Crippen molar-refractivity contribution in [3.05, 3.63) is 47.8 Å². The second-order valence-electron chi connectivity index (χ2n) is 3.89. The van der Waals surface area contributed by atoms with Crippen LogP contribution in [0.4, 0.5) is 13.2 Å². The molecule has 0 radical (unpaired) electrons. The third-order valence-corrected chi connectivity index (χ3v) is 2.64. The molecule has 0 unspecified atom stereocenters. The molecule has 0 saturated carbocycles. The van der Waals surface area contributed by atoms with E-state index in [4.69, 9.17) is 5.11 Å². The summed E-state index contributed by atoms with van der Waals surface area (Å²) in [5.41, 5.74) is -0.703. The predicted octanol–water partition coefficient (Wildman–Crippen LogP) is 2.97. The van der Waals surface area contributed by atoms with Crippen LogP contribution in [-0.4, -0.2) is 15.2 Å². The summed E-state index contributed by atoms with van der Waals surface area (Å²) in [6.45, 7) is -0.479. The van der Waals surface area contributed by atoms with Crippen LogP contribution in [0, 0.1) is 0 Å². The number of nitrogens with zero attached hydrogens (tertiary/aromatic N) is 1. The van der Waals surface area contributed by atoms with Crippen LogP contribution in [0.3, 0.4) is 0 Å². The second-order valence-corrected chi connectivity index (χ2v) is 3.89. The number of rotatable bonds is 2. The number of aromatic hydroxyl groups is 1. The summed E-state index contributed by atoms with van der Waals surface area (Å²) in [5.74, 6) is -0.336. The van der Waals surface area contributed by atoms with E-state index in [0.29, 0.717) is 0 Å². The lowest BCUT2D eigenvalue weighted by molar-refractivity contribution is -0.137. The highest BCUT2D eigenvalue weighted by Crippen LogP contribution is 2.37. The van der Waals surface area contributed by atoms with Gasteiger partial charge in [0.2, 0.25) is 0 Å². The van der Waals surface area contributed by atoms with Gasteiger partial charge in [-0.1, -0.05) is 18.2 Å². The van der Waals surface area contributed by atoms with Gasteiger partial charge in [-0.15, -0.1) is 0 Å². The largest absolute Gasteiger partial charge is 0.506 e. The van der Waals surface area contributed by atoms with Gasteiger partial charge in [-0.2, -0.15) is 13.2 Å². The van der Waals surface area contributed by atoms with Gasteiger partial charge in [0.15, 0.2) is 0 Å². The van der Waals surface area contributed by atoms with Gasteiger partial charge in [0, 0.05) is 11.8 Å². The molecule has 1 aromatic carbocycles. The molecule has 1 aromatic heterocycles. The lowest BCUT2D eigenvalue weighted by Crippen LogP contribution is -2.07. The highest BCUT2D eigenvalue weighted by atomic mass is 19.4. The summed E-state index contributed by atoms with van der Waals surface area (Å²) in [5, 5.41) is 18.4. The highest BCUT2D eigenvalue weighted by molar-refractivity contribution is 5.68. The highest BCUT2D eigenvalue weighted by Gasteiger charge is 2.33. The van der Waals surface area contributed by atoms with Crippen molar-refractivity contribution in [3.63, 3.8) is 0 Å². The summed E-state index contributed by atoms with van der Waals surface area (Å²) in [6.07, 6.45) is -3.29. The minimum Gasteiger partial charge on any atom is -0.506 e. The van der Waals surface area contributed by atoms with Crippen LogP contribution >= 0.6 is 0 Å². The fourth-order valence-corrected chi connectivity index (χ4v) is 1.73. The van der Waals surface area contributed by atoms with Gasteiger partial charge >= 0.3 is 6.18 Å². The molecule has 6 heteroatoms. The van der Waals surface area contributed by atoms with Crippen LogP contribution in [0.2, 0.25) is 0 Å². The summed E-state index contributed by atoms with van der Waals surface area (Å²) in [7, 11) is 0. The van der Waals surface area contributed by atoms with Crippen molar-refractivity contribution in [2.75, 3.05) is 0 Å². The zero-order chi connectivity index (χ0) is 14.0. The van der Waals surface area contributed by atoms with Crippen molar-refractivity contribution in [3.8, 4) is 16.9 Å². The molecular weight excluding hydrogens is 259 g/mol. The fourth-order valence-electron chi connectivity index (χ4n) is 1.73. The Hall–Kier alpha value is -2.08. The number of halogens is 3. The van der Waals surface area contributed by atoms with Gasteiger partial charge in [-0.3, -0.25) is 4.98 Å². The Bertz CT molecular complexity index is 597. The molecule has 19 heavy (non-hydrogen) atoms. The van der Waals surface area contributed by atoms with Gasteiger partial charge in [0.25, 0.3) is 0 Å². The van der Waals surface area contributed by atoms with Gasteiger partial charge in [0.05, 0.1) is 12.2 Å². The number of alkyl halides is 3. The maximum Gasteiger partial charge on any atom is 0.417 e. The first-order valence-corrected chi connectivity index (χ1v) is 5.39. The molecule has 0 amide bonds.